The summed E-state index contributed by atoms with van der Waals surface area (Å²) in [4.78, 5) is 8.99. The Morgan fingerprint density at radius 2 is 2.05 bits per heavy atom. The van der Waals surface area contributed by atoms with Gasteiger partial charge in [0.05, 0.1) is 29.0 Å². The molecule has 0 radical (unpaired) electrons. The van der Waals surface area contributed by atoms with Crippen LogP contribution in [0.1, 0.15) is 26.0 Å². The first-order valence-corrected chi connectivity index (χ1v) is 6.69. The molecule has 2 N–H and O–H groups in total. The summed E-state index contributed by atoms with van der Waals surface area (Å²) in [6, 6.07) is 8.22. The molecule has 1 aromatic carbocycles. The van der Waals surface area contributed by atoms with Gasteiger partial charge in [-0.15, -0.1) is 0 Å². The summed E-state index contributed by atoms with van der Waals surface area (Å²) in [6.45, 7) is 4.87. The van der Waals surface area contributed by atoms with Gasteiger partial charge in [-0.1, -0.05) is 26.0 Å². The van der Waals surface area contributed by atoms with Crippen molar-refractivity contribution in [3.05, 3.63) is 36.2 Å². The molecule has 0 spiro atoms. The van der Waals surface area contributed by atoms with Gasteiger partial charge in [-0.05, 0) is 18.6 Å². The first-order chi connectivity index (χ1) is 9.07. The first kappa shape index (κ1) is 12.5. The highest BCUT2D eigenvalue weighted by Gasteiger charge is 2.46. The second kappa shape index (κ2) is 4.54. The lowest BCUT2D eigenvalue weighted by Crippen LogP contribution is -2.59. The number of hydrogen-bond acceptors (Lipinski definition) is 4. The van der Waals surface area contributed by atoms with Crippen molar-refractivity contribution in [3.63, 3.8) is 0 Å². The monoisotopic (exact) mass is 257 g/mol. The zero-order valence-electron chi connectivity index (χ0n) is 11.3. The topological polar surface area (TPSA) is 58.0 Å². The van der Waals surface area contributed by atoms with Gasteiger partial charge in [0.25, 0.3) is 0 Å². The molecule has 1 aliphatic carbocycles. The van der Waals surface area contributed by atoms with Crippen molar-refractivity contribution in [1.82, 2.24) is 15.3 Å². The molecule has 3 rings (SSSR count). The van der Waals surface area contributed by atoms with Crippen molar-refractivity contribution in [3.8, 4) is 0 Å². The van der Waals surface area contributed by atoms with Crippen LogP contribution in [0.15, 0.2) is 30.5 Å². The lowest BCUT2D eigenvalue weighted by molar-refractivity contribution is -0.0730. The van der Waals surface area contributed by atoms with Gasteiger partial charge < -0.3 is 10.4 Å². The van der Waals surface area contributed by atoms with Gasteiger partial charge in [-0.25, -0.2) is 4.98 Å². The second-order valence-electron chi connectivity index (χ2n) is 5.86. The number of para-hydroxylation sites is 2. The van der Waals surface area contributed by atoms with E-state index in [1.165, 1.54) is 0 Å². The van der Waals surface area contributed by atoms with Gasteiger partial charge in [0, 0.05) is 18.0 Å². The van der Waals surface area contributed by atoms with E-state index in [0.29, 0.717) is 12.6 Å². The highest BCUT2D eigenvalue weighted by molar-refractivity contribution is 5.73. The Kier molecular flexibility index (Phi) is 2.99. The summed E-state index contributed by atoms with van der Waals surface area (Å²) in [5.41, 5.74) is 2.74. The molecule has 1 heterocycles. The van der Waals surface area contributed by atoms with Crippen LogP contribution in [-0.2, 0) is 6.54 Å². The highest BCUT2D eigenvalue weighted by atomic mass is 16.3. The third-order valence-electron chi connectivity index (χ3n) is 4.24. The molecule has 4 heteroatoms. The van der Waals surface area contributed by atoms with Gasteiger partial charge in [0.15, 0.2) is 0 Å². The lowest BCUT2D eigenvalue weighted by atomic mass is 9.64. The molecule has 100 valence electrons. The molecule has 1 fully saturated rings. The third-order valence-corrected chi connectivity index (χ3v) is 4.24. The first-order valence-electron chi connectivity index (χ1n) is 6.69. The van der Waals surface area contributed by atoms with E-state index in [1.807, 2.05) is 30.5 Å². The van der Waals surface area contributed by atoms with Crippen LogP contribution in [0, 0.1) is 5.41 Å². The van der Waals surface area contributed by atoms with Crippen LogP contribution in [0.25, 0.3) is 11.0 Å². The van der Waals surface area contributed by atoms with Crippen molar-refractivity contribution < 1.29 is 5.11 Å². The molecule has 1 aromatic heterocycles. The molecule has 1 saturated carbocycles. The Morgan fingerprint density at radius 1 is 1.32 bits per heavy atom. The zero-order chi connectivity index (χ0) is 13.5. The lowest BCUT2D eigenvalue weighted by Gasteiger charge is -2.49. The van der Waals surface area contributed by atoms with E-state index in [1.54, 1.807) is 0 Å². The van der Waals surface area contributed by atoms with Crippen LogP contribution in [0.3, 0.4) is 0 Å². The summed E-state index contributed by atoms with van der Waals surface area (Å²) >= 11 is 0. The van der Waals surface area contributed by atoms with Crippen molar-refractivity contribution in [2.75, 3.05) is 0 Å². The van der Waals surface area contributed by atoms with E-state index in [-0.39, 0.29) is 11.5 Å². The van der Waals surface area contributed by atoms with Crippen molar-refractivity contribution >= 4 is 11.0 Å². The van der Waals surface area contributed by atoms with Gasteiger partial charge in [-0.2, -0.15) is 0 Å². The number of fused-ring (bicyclic) bond motifs is 1. The maximum absolute atomic E-state index is 9.72. The quantitative estimate of drug-likeness (QED) is 0.881. The van der Waals surface area contributed by atoms with Gasteiger partial charge in [-0.3, -0.25) is 4.98 Å². The Bertz CT molecular complexity index is 597. The Balaban J connectivity index is 1.69. The van der Waals surface area contributed by atoms with Crippen molar-refractivity contribution in [1.29, 1.82) is 0 Å². The van der Waals surface area contributed by atoms with E-state index in [0.717, 1.165) is 23.1 Å². The maximum Gasteiger partial charge on any atom is 0.0890 e. The minimum atomic E-state index is -0.201. The fourth-order valence-corrected chi connectivity index (χ4v) is 2.56. The summed E-state index contributed by atoms with van der Waals surface area (Å²) < 4.78 is 0. The molecule has 2 aromatic rings. The standard InChI is InChI=1S/C15H19N3O/c1-15(2)13(7-14(15)19)17-9-10-8-16-11-5-3-4-6-12(11)18-10/h3-6,8,13-14,17,19H,7,9H2,1-2H3. The highest BCUT2D eigenvalue weighted by Crippen LogP contribution is 2.40. The number of aliphatic hydroxyl groups is 1. The molecular formula is C15H19N3O. The zero-order valence-corrected chi connectivity index (χ0v) is 11.3. The van der Waals surface area contributed by atoms with E-state index >= 15 is 0 Å². The number of benzene rings is 1. The van der Waals surface area contributed by atoms with E-state index < -0.39 is 0 Å². The molecule has 0 amide bonds. The normalized spacial score (nSPS) is 25.2. The molecule has 2 unspecified atom stereocenters. The van der Waals surface area contributed by atoms with Crippen LogP contribution in [-0.4, -0.2) is 27.2 Å². The smallest absolute Gasteiger partial charge is 0.0890 e. The molecule has 0 bridgehead atoms. The molecule has 19 heavy (non-hydrogen) atoms. The van der Waals surface area contributed by atoms with Crippen LogP contribution in [0.2, 0.25) is 0 Å². The summed E-state index contributed by atoms with van der Waals surface area (Å²) in [6.07, 6.45) is 2.43. The van der Waals surface area contributed by atoms with Crippen LogP contribution in [0.5, 0.6) is 0 Å². The van der Waals surface area contributed by atoms with Crippen molar-refractivity contribution in [2.45, 2.75) is 39.0 Å². The Labute approximate surface area is 112 Å². The number of rotatable bonds is 3. The predicted octanol–water partition coefficient (Wildman–Crippen LogP) is 1.88. The molecule has 0 aliphatic heterocycles. The second-order valence-corrected chi connectivity index (χ2v) is 5.86. The van der Waals surface area contributed by atoms with E-state index in [4.69, 9.17) is 0 Å². The molecule has 4 nitrogen and oxygen atoms in total. The Hall–Kier alpha value is -1.52. The molecular weight excluding hydrogens is 238 g/mol. The summed E-state index contributed by atoms with van der Waals surface area (Å²) in [5, 5.41) is 13.2. The minimum absolute atomic E-state index is 0.0513. The number of nitrogens with one attached hydrogen (secondary N) is 1. The van der Waals surface area contributed by atoms with E-state index in [9.17, 15) is 5.11 Å². The number of hydrogen-bond donors (Lipinski definition) is 2. The fourth-order valence-electron chi connectivity index (χ4n) is 2.56. The average Bonchev–Trinajstić information content (AvgIpc) is 2.43. The number of nitrogens with zero attached hydrogens (tertiary/aromatic N) is 2. The number of aliphatic hydroxyl groups excluding tert-OH is 1. The Morgan fingerprint density at radius 3 is 2.74 bits per heavy atom. The SMILES string of the molecule is CC1(C)C(O)CC1NCc1cnc2ccccc2n1. The van der Waals surface area contributed by atoms with Gasteiger partial charge >= 0.3 is 0 Å². The van der Waals surface area contributed by atoms with Crippen LogP contribution in [0.4, 0.5) is 0 Å². The molecule has 0 saturated heterocycles. The van der Waals surface area contributed by atoms with Crippen LogP contribution >= 0.6 is 0 Å². The largest absolute Gasteiger partial charge is 0.392 e. The van der Waals surface area contributed by atoms with E-state index in [2.05, 4.69) is 29.1 Å². The fraction of sp³-hybridized carbons (Fsp3) is 0.467. The third kappa shape index (κ3) is 2.22. The predicted molar refractivity (Wildman–Crippen MR) is 74.6 cm³/mol. The number of aromatic nitrogens is 2. The molecule has 1 aliphatic rings. The summed E-state index contributed by atoms with van der Waals surface area (Å²) in [7, 11) is 0. The average molecular weight is 257 g/mol. The van der Waals surface area contributed by atoms with Crippen LogP contribution < -0.4 is 5.32 Å². The van der Waals surface area contributed by atoms with Crippen molar-refractivity contribution in [2.24, 2.45) is 5.41 Å². The van der Waals surface area contributed by atoms with Gasteiger partial charge in [0.2, 0.25) is 0 Å². The molecule has 2 atom stereocenters. The maximum atomic E-state index is 9.72. The summed E-state index contributed by atoms with van der Waals surface area (Å²) in [5.74, 6) is 0. The van der Waals surface area contributed by atoms with Gasteiger partial charge in [0.1, 0.15) is 0 Å². The minimum Gasteiger partial charge on any atom is -0.392 e.